The van der Waals surface area contributed by atoms with Crippen molar-refractivity contribution in [1.29, 1.82) is 0 Å². The molecule has 2 atom stereocenters. The molecule has 2 N–H and O–H groups in total. The molecule has 1 heterocycles. The first-order chi connectivity index (χ1) is 7.56. The Morgan fingerprint density at radius 1 is 1.50 bits per heavy atom. The van der Waals surface area contributed by atoms with Crippen LogP contribution in [0.2, 0.25) is 0 Å². The Bertz CT molecular complexity index is 378. The zero-order chi connectivity index (χ0) is 11.7. The first-order valence-electron chi connectivity index (χ1n) is 5.78. The highest BCUT2D eigenvalue weighted by molar-refractivity contribution is 9.10. The Morgan fingerprint density at radius 2 is 2.25 bits per heavy atom. The summed E-state index contributed by atoms with van der Waals surface area (Å²) in [6, 6.07) is 6.17. The summed E-state index contributed by atoms with van der Waals surface area (Å²) in [6.45, 7) is 4.43. The Kier molecular flexibility index (Phi) is 3.55. The fourth-order valence-electron chi connectivity index (χ4n) is 2.22. The second kappa shape index (κ2) is 4.76. The van der Waals surface area contributed by atoms with E-state index < -0.39 is 0 Å². The minimum absolute atomic E-state index is 0.102. The van der Waals surface area contributed by atoms with Crippen molar-refractivity contribution in [1.82, 2.24) is 0 Å². The summed E-state index contributed by atoms with van der Waals surface area (Å²) in [6.07, 6.45) is 2.26. The molecule has 1 aliphatic rings. The van der Waals surface area contributed by atoms with Crippen LogP contribution in [0.3, 0.4) is 0 Å². The molecule has 0 aromatic heterocycles. The smallest absolute Gasteiger partial charge is 0.124 e. The molecule has 0 radical (unpaired) electrons. The molecule has 0 saturated heterocycles. The fourth-order valence-corrected chi connectivity index (χ4v) is 2.60. The summed E-state index contributed by atoms with van der Waals surface area (Å²) in [7, 11) is 0. The molecule has 0 spiro atoms. The van der Waals surface area contributed by atoms with Gasteiger partial charge in [-0.1, -0.05) is 29.8 Å². The van der Waals surface area contributed by atoms with Crippen molar-refractivity contribution < 1.29 is 4.74 Å². The summed E-state index contributed by atoms with van der Waals surface area (Å²) in [5.41, 5.74) is 7.30. The molecule has 2 rings (SSSR count). The molecule has 0 bridgehead atoms. The molecular formula is C13H18BrNO. The third-order valence-corrected chi connectivity index (χ3v) is 3.41. The molecule has 1 aliphatic heterocycles. The van der Waals surface area contributed by atoms with Gasteiger partial charge in [-0.2, -0.15) is 0 Å². The maximum atomic E-state index is 6.18. The third-order valence-electron chi connectivity index (χ3n) is 2.92. The first-order valence-corrected chi connectivity index (χ1v) is 6.57. The van der Waals surface area contributed by atoms with E-state index in [1.807, 2.05) is 12.1 Å². The summed E-state index contributed by atoms with van der Waals surface area (Å²) >= 11 is 3.46. The largest absolute Gasteiger partial charge is 0.490 e. The van der Waals surface area contributed by atoms with Gasteiger partial charge >= 0.3 is 0 Å². The highest BCUT2D eigenvalue weighted by Crippen LogP contribution is 2.36. The lowest BCUT2D eigenvalue weighted by molar-refractivity contribution is 0.136. The van der Waals surface area contributed by atoms with E-state index in [4.69, 9.17) is 10.5 Å². The van der Waals surface area contributed by atoms with Gasteiger partial charge in [0, 0.05) is 22.5 Å². The number of halogens is 1. The fraction of sp³-hybridized carbons (Fsp3) is 0.538. The topological polar surface area (TPSA) is 35.2 Å². The van der Waals surface area contributed by atoms with Crippen LogP contribution < -0.4 is 10.5 Å². The van der Waals surface area contributed by atoms with Gasteiger partial charge in [0.15, 0.2) is 0 Å². The van der Waals surface area contributed by atoms with Gasteiger partial charge in [-0.3, -0.25) is 0 Å². The quantitative estimate of drug-likeness (QED) is 0.899. The standard InChI is InChI=1S/C13H18BrNO/c1-8(2)5-10-7-12(15)11-6-9(14)3-4-13(11)16-10/h3-4,6,8,10,12H,5,7,15H2,1-2H3. The minimum atomic E-state index is 0.102. The van der Waals surface area contributed by atoms with Crippen LogP contribution in [0, 0.1) is 5.92 Å². The van der Waals surface area contributed by atoms with Crippen LogP contribution in [-0.4, -0.2) is 6.10 Å². The van der Waals surface area contributed by atoms with Gasteiger partial charge in [0.1, 0.15) is 11.9 Å². The number of rotatable bonds is 2. The second-order valence-electron chi connectivity index (χ2n) is 4.89. The van der Waals surface area contributed by atoms with Crippen LogP contribution in [0.1, 0.15) is 38.3 Å². The zero-order valence-electron chi connectivity index (χ0n) is 9.74. The van der Waals surface area contributed by atoms with E-state index in [0.717, 1.165) is 28.6 Å². The molecule has 16 heavy (non-hydrogen) atoms. The first kappa shape index (κ1) is 11.9. The number of ether oxygens (including phenoxy) is 1. The predicted molar refractivity (Wildman–Crippen MR) is 69.6 cm³/mol. The van der Waals surface area contributed by atoms with Gasteiger partial charge in [0.25, 0.3) is 0 Å². The van der Waals surface area contributed by atoms with E-state index >= 15 is 0 Å². The number of hydrogen-bond acceptors (Lipinski definition) is 2. The Labute approximate surface area is 105 Å². The summed E-state index contributed by atoms with van der Waals surface area (Å²) in [4.78, 5) is 0. The molecule has 2 unspecified atom stereocenters. The van der Waals surface area contributed by atoms with Crippen molar-refractivity contribution in [2.24, 2.45) is 11.7 Å². The van der Waals surface area contributed by atoms with E-state index in [1.165, 1.54) is 0 Å². The van der Waals surface area contributed by atoms with Gasteiger partial charge in [0.2, 0.25) is 0 Å². The van der Waals surface area contributed by atoms with Gasteiger partial charge in [0.05, 0.1) is 0 Å². The molecule has 1 aromatic carbocycles. The summed E-state index contributed by atoms with van der Waals surface area (Å²) in [5, 5.41) is 0. The lowest BCUT2D eigenvalue weighted by Gasteiger charge is -2.31. The summed E-state index contributed by atoms with van der Waals surface area (Å²) < 4.78 is 7.03. The van der Waals surface area contributed by atoms with Gasteiger partial charge in [-0.15, -0.1) is 0 Å². The molecule has 2 nitrogen and oxygen atoms in total. The zero-order valence-corrected chi connectivity index (χ0v) is 11.3. The number of benzene rings is 1. The van der Waals surface area contributed by atoms with Crippen molar-refractivity contribution in [2.45, 2.75) is 38.8 Å². The van der Waals surface area contributed by atoms with E-state index in [2.05, 4.69) is 35.8 Å². The highest BCUT2D eigenvalue weighted by atomic mass is 79.9. The average Bonchev–Trinajstić information content (AvgIpc) is 2.18. The van der Waals surface area contributed by atoms with Crippen LogP contribution in [-0.2, 0) is 0 Å². The molecule has 0 fully saturated rings. The van der Waals surface area contributed by atoms with Gasteiger partial charge in [-0.25, -0.2) is 0 Å². The monoisotopic (exact) mass is 283 g/mol. The molecule has 0 amide bonds. The van der Waals surface area contributed by atoms with Crippen LogP contribution >= 0.6 is 15.9 Å². The van der Waals surface area contributed by atoms with E-state index in [1.54, 1.807) is 0 Å². The van der Waals surface area contributed by atoms with Crippen molar-refractivity contribution in [3.63, 3.8) is 0 Å². The minimum Gasteiger partial charge on any atom is -0.490 e. The molecule has 3 heteroatoms. The Hall–Kier alpha value is -0.540. The molecule has 0 aliphatic carbocycles. The second-order valence-corrected chi connectivity index (χ2v) is 5.81. The van der Waals surface area contributed by atoms with Crippen LogP contribution in [0.25, 0.3) is 0 Å². The molecule has 0 saturated carbocycles. The van der Waals surface area contributed by atoms with E-state index in [0.29, 0.717) is 5.92 Å². The van der Waals surface area contributed by atoms with Crippen LogP contribution in [0.15, 0.2) is 22.7 Å². The normalized spacial score (nSPS) is 24.1. The van der Waals surface area contributed by atoms with E-state index in [9.17, 15) is 0 Å². The Balaban J connectivity index is 2.20. The Morgan fingerprint density at radius 3 is 2.94 bits per heavy atom. The van der Waals surface area contributed by atoms with Crippen LogP contribution in [0.5, 0.6) is 5.75 Å². The van der Waals surface area contributed by atoms with Gasteiger partial charge in [-0.05, 0) is 30.5 Å². The number of fused-ring (bicyclic) bond motifs is 1. The average molecular weight is 284 g/mol. The van der Waals surface area contributed by atoms with Crippen molar-refractivity contribution >= 4 is 15.9 Å². The lowest BCUT2D eigenvalue weighted by atomic mass is 9.93. The van der Waals surface area contributed by atoms with E-state index in [-0.39, 0.29) is 12.1 Å². The molecule has 1 aromatic rings. The molecule has 88 valence electrons. The maximum absolute atomic E-state index is 6.18. The predicted octanol–water partition coefficient (Wildman–Crippen LogP) is 3.65. The maximum Gasteiger partial charge on any atom is 0.124 e. The number of nitrogens with two attached hydrogens (primary N) is 1. The molecular weight excluding hydrogens is 266 g/mol. The lowest BCUT2D eigenvalue weighted by Crippen LogP contribution is -2.30. The SMILES string of the molecule is CC(C)CC1CC(N)c2cc(Br)ccc2O1. The van der Waals surface area contributed by atoms with Gasteiger partial charge < -0.3 is 10.5 Å². The van der Waals surface area contributed by atoms with Crippen molar-refractivity contribution in [3.05, 3.63) is 28.2 Å². The van der Waals surface area contributed by atoms with Crippen molar-refractivity contribution in [3.8, 4) is 5.75 Å². The number of hydrogen-bond donors (Lipinski definition) is 1. The van der Waals surface area contributed by atoms with Crippen molar-refractivity contribution in [2.75, 3.05) is 0 Å². The third kappa shape index (κ3) is 2.58. The summed E-state index contributed by atoms with van der Waals surface area (Å²) in [5.74, 6) is 1.60. The van der Waals surface area contributed by atoms with Crippen LogP contribution in [0.4, 0.5) is 0 Å². The highest BCUT2D eigenvalue weighted by Gasteiger charge is 2.26.